The number of hydrogen-bond donors (Lipinski definition) is 1. The Balaban J connectivity index is 3.35. The van der Waals surface area contributed by atoms with Crippen molar-refractivity contribution in [3.05, 3.63) is 28.5 Å². The zero-order valence-electron chi connectivity index (χ0n) is 12.8. The minimum Gasteiger partial charge on any atom is -0.392 e. The Hall–Kier alpha value is -0.690. The number of sulfonamides is 1. The highest BCUT2D eigenvalue weighted by atomic mass is 35.5. The maximum Gasteiger partial charge on any atom is 0.243 e. The number of hydrogen-bond acceptors (Lipinski definition) is 3. The van der Waals surface area contributed by atoms with Crippen LogP contribution >= 0.6 is 11.6 Å². The second kappa shape index (κ2) is 6.20. The molecule has 0 aliphatic heterocycles. The summed E-state index contributed by atoms with van der Waals surface area (Å²) in [6, 6.07) is 1.79. The molecule has 1 N–H and O–H groups in total. The van der Waals surface area contributed by atoms with Gasteiger partial charge in [-0.15, -0.1) is 0 Å². The minimum atomic E-state index is -3.87. The summed E-state index contributed by atoms with van der Waals surface area (Å²) in [5, 5.41) is 8.89. The van der Waals surface area contributed by atoms with Crippen LogP contribution in [0.4, 0.5) is 4.39 Å². The summed E-state index contributed by atoms with van der Waals surface area (Å²) in [5.41, 5.74) is -0.223. The van der Waals surface area contributed by atoms with Crippen LogP contribution in [-0.4, -0.2) is 30.9 Å². The Morgan fingerprint density at radius 3 is 2.33 bits per heavy atom. The van der Waals surface area contributed by atoms with Crippen molar-refractivity contribution in [2.75, 3.05) is 7.05 Å². The van der Waals surface area contributed by atoms with Crippen LogP contribution in [0.1, 0.15) is 33.3 Å². The van der Waals surface area contributed by atoms with Gasteiger partial charge in [0.1, 0.15) is 5.82 Å². The Labute approximate surface area is 130 Å². The van der Waals surface area contributed by atoms with Crippen molar-refractivity contribution in [2.45, 2.75) is 45.2 Å². The van der Waals surface area contributed by atoms with E-state index in [0.29, 0.717) is 0 Å². The maximum absolute atomic E-state index is 13.7. The van der Waals surface area contributed by atoms with Crippen LogP contribution in [0.5, 0.6) is 0 Å². The minimum absolute atomic E-state index is 0.0482. The molecule has 1 rings (SSSR count). The number of nitrogens with zero attached hydrogens (tertiary/aromatic N) is 1. The van der Waals surface area contributed by atoms with E-state index in [1.165, 1.54) is 17.4 Å². The molecule has 0 aliphatic carbocycles. The lowest BCUT2D eigenvalue weighted by Gasteiger charge is -2.34. The first-order valence-electron chi connectivity index (χ1n) is 6.49. The molecule has 0 radical (unpaired) electrons. The van der Waals surface area contributed by atoms with Gasteiger partial charge in [-0.25, -0.2) is 12.8 Å². The molecular formula is C14H21ClFNO3S. The monoisotopic (exact) mass is 337 g/mol. The fourth-order valence-electron chi connectivity index (χ4n) is 1.80. The van der Waals surface area contributed by atoms with Crippen molar-refractivity contribution in [1.29, 1.82) is 0 Å². The summed E-state index contributed by atoms with van der Waals surface area (Å²) < 4.78 is 40.1. The van der Waals surface area contributed by atoms with Crippen molar-refractivity contribution in [3.63, 3.8) is 0 Å². The van der Waals surface area contributed by atoms with E-state index in [4.69, 9.17) is 16.7 Å². The van der Waals surface area contributed by atoms with Crippen LogP contribution in [0.25, 0.3) is 0 Å². The lowest BCUT2D eigenvalue weighted by atomic mass is 9.88. The van der Waals surface area contributed by atoms with Gasteiger partial charge in [0, 0.05) is 18.7 Å². The van der Waals surface area contributed by atoms with Crippen LogP contribution in [0.15, 0.2) is 17.0 Å². The van der Waals surface area contributed by atoms with E-state index in [-0.39, 0.29) is 26.9 Å². The van der Waals surface area contributed by atoms with Gasteiger partial charge in [0.15, 0.2) is 0 Å². The fourth-order valence-corrected chi connectivity index (χ4v) is 3.58. The predicted octanol–water partition coefficient (Wildman–Crippen LogP) is 3.03. The highest BCUT2D eigenvalue weighted by molar-refractivity contribution is 7.89. The Morgan fingerprint density at radius 2 is 1.90 bits per heavy atom. The molecule has 1 unspecified atom stereocenters. The van der Waals surface area contributed by atoms with Crippen molar-refractivity contribution < 1.29 is 17.9 Å². The van der Waals surface area contributed by atoms with Crippen LogP contribution in [0, 0.1) is 11.2 Å². The number of benzene rings is 1. The van der Waals surface area contributed by atoms with Crippen LogP contribution in [0.2, 0.25) is 5.02 Å². The lowest BCUT2D eigenvalue weighted by molar-refractivity contribution is 0.216. The second-order valence-electron chi connectivity index (χ2n) is 6.10. The summed E-state index contributed by atoms with van der Waals surface area (Å²) in [6.07, 6.45) is 0. The van der Waals surface area contributed by atoms with Crippen LogP contribution in [-0.2, 0) is 16.6 Å². The van der Waals surface area contributed by atoms with Gasteiger partial charge < -0.3 is 5.11 Å². The first kappa shape index (κ1) is 18.4. The molecule has 0 fully saturated rings. The standard InChI is InChI=1S/C14H21ClFNO3S/c1-9(14(2,3)4)17(5)21(19,20)11-6-10(8-18)13(15)12(16)7-11/h6-7,9,18H,8H2,1-5H3. The molecule has 0 aromatic heterocycles. The SMILES string of the molecule is CC(N(C)S(=O)(=O)c1cc(F)c(Cl)c(CO)c1)C(C)(C)C. The topological polar surface area (TPSA) is 57.6 Å². The Morgan fingerprint density at radius 1 is 1.38 bits per heavy atom. The third kappa shape index (κ3) is 3.74. The molecule has 0 saturated carbocycles. The number of aliphatic hydroxyl groups excluding tert-OH is 1. The van der Waals surface area contributed by atoms with Gasteiger partial charge in [-0.05, 0) is 24.5 Å². The normalized spacial score (nSPS) is 14.5. The molecular weight excluding hydrogens is 317 g/mol. The van der Waals surface area contributed by atoms with Gasteiger partial charge in [-0.2, -0.15) is 4.31 Å². The second-order valence-corrected chi connectivity index (χ2v) is 8.48. The Bertz CT molecular complexity index is 626. The van der Waals surface area contributed by atoms with Crippen LogP contribution < -0.4 is 0 Å². The summed E-state index contributed by atoms with van der Waals surface area (Å²) in [5.74, 6) is -0.862. The third-order valence-corrected chi connectivity index (χ3v) is 6.05. The average molecular weight is 338 g/mol. The molecule has 0 aliphatic rings. The zero-order valence-corrected chi connectivity index (χ0v) is 14.4. The van der Waals surface area contributed by atoms with Crippen molar-refractivity contribution in [1.82, 2.24) is 4.31 Å². The Kier molecular flexibility index (Phi) is 5.42. The summed E-state index contributed by atoms with van der Waals surface area (Å²) >= 11 is 5.69. The summed E-state index contributed by atoms with van der Waals surface area (Å²) in [4.78, 5) is -0.216. The average Bonchev–Trinajstić information content (AvgIpc) is 2.38. The zero-order chi connectivity index (χ0) is 16.6. The number of halogens is 2. The van der Waals surface area contributed by atoms with E-state index >= 15 is 0 Å². The van der Waals surface area contributed by atoms with Gasteiger partial charge >= 0.3 is 0 Å². The third-order valence-electron chi connectivity index (χ3n) is 3.72. The van der Waals surface area contributed by atoms with E-state index in [2.05, 4.69) is 0 Å². The molecule has 4 nitrogen and oxygen atoms in total. The predicted molar refractivity (Wildman–Crippen MR) is 81.2 cm³/mol. The molecule has 0 amide bonds. The summed E-state index contributed by atoms with van der Waals surface area (Å²) in [7, 11) is -2.41. The van der Waals surface area contributed by atoms with E-state index in [0.717, 1.165) is 6.07 Å². The molecule has 21 heavy (non-hydrogen) atoms. The van der Waals surface area contributed by atoms with E-state index in [1.807, 2.05) is 20.8 Å². The maximum atomic E-state index is 13.7. The molecule has 0 spiro atoms. The molecule has 1 aromatic carbocycles. The quantitative estimate of drug-likeness (QED) is 0.918. The first-order chi connectivity index (χ1) is 9.42. The number of rotatable bonds is 4. The molecule has 1 aromatic rings. The van der Waals surface area contributed by atoms with E-state index < -0.39 is 22.4 Å². The molecule has 0 saturated heterocycles. The van der Waals surface area contributed by atoms with Gasteiger partial charge in [0.25, 0.3) is 0 Å². The van der Waals surface area contributed by atoms with Crippen molar-refractivity contribution >= 4 is 21.6 Å². The molecule has 120 valence electrons. The lowest BCUT2D eigenvalue weighted by Crippen LogP contribution is -2.42. The molecule has 1 atom stereocenters. The van der Waals surface area contributed by atoms with Gasteiger partial charge in [0.2, 0.25) is 10.0 Å². The van der Waals surface area contributed by atoms with Crippen molar-refractivity contribution in [2.24, 2.45) is 5.41 Å². The van der Waals surface area contributed by atoms with Crippen LogP contribution in [0.3, 0.4) is 0 Å². The first-order valence-corrected chi connectivity index (χ1v) is 8.31. The molecule has 0 heterocycles. The van der Waals surface area contributed by atoms with Gasteiger partial charge in [-0.1, -0.05) is 32.4 Å². The van der Waals surface area contributed by atoms with Gasteiger partial charge in [0.05, 0.1) is 16.5 Å². The highest BCUT2D eigenvalue weighted by Crippen LogP contribution is 2.30. The smallest absolute Gasteiger partial charge is 0.243 e. The fraction of sp³-hybridized carbons (Fsp3) is 0.571. The number of aliphatic hydroxyl groups is 1. The van der Waals surface area contributed by atoms with Crippen molar-refractivity contribution in [3.8, 4) is 0 Å². The largest absolute Gasteiger partial charge is 0.392 e. The van der Waals surface area contributed by atoms with Gasteiger partial charge in [-0.3, -0.25) is 0 Å². The highest BCUT2D eigenvalue weighted by Gasteiger charge is 2.33. The van der Waals surface area contributed by atoms with E-state index in [1.54, 1.807) is 6.92 Å². The van der Waals surface area contributed by atoms with E-state index in [9.17, 15) is 12.8 Å². The molecule has 0 bridgehead atoms. The molecule has 7 heteroatoms. The summed E-state index contributed by atoms with van der Waals surface area (Å²) in [6.45, 7) is 7.02.